The number of aromatic nitrogens is 2. The molecule has 0 amide bonds. The number of anilines is 1. The number of fused-ring (bicyclic) bond motifs is 3. The standard InChI is InChI=1S/C13H13N3O/c1-8-3-4-10-9(5-8)6-11-13(17-2)15-12(14)7-16(10)11/h3-7H,14H2,1-2H3. The molecule has 0 aliphatic carbocycles. The molecular formula is C13H13N3O. The monoisotopic (exact) mass is 227 g/mol. The van der Waals surface area contributed by atoms with E-state index < -0.39 is 0 Å². The first-order valence-electron chi connectivity index (χ1n) is 5.41. The second kappa shape index (κ2) is 3.38. The molecule has 0 unspecified atom stereocenters. The van der Waals surface area contributed by atoms with Crippen molar-refractivity contribution in [1.29, 1.82) is 0 Å². The van der Waals surface area contributed by atoms with Gasteiger partial charge >= 0.3 is 0 Å². The molecule has 2 heterocycles. The maximum atomic E-state index is 5.77. The fraction of sp³-hybridized carbons (Fsp3) is 0.154. The van der Waals surface area contributed by atoms with Crippen LogP contribution in [0, 0.1) is 6.92 Å². The van der Waals surface area contributed by atoms with E-state index >= 15 is 0 Å². The molecule has 4 nitrogen and oxygen atoms in total. The van der Waals surface area contributed by atoms with E-state index in [0.717, 1.165) is 16.4 Å². The Morgan fingerprint density at radius 1 is 1.24 bits per heavy atom. The zero-order chi connectivity index (χ0) is 12.0. The van der Waals surface area contributed by atoms with Crippen LogP contribution in [-0.4, -0.2) is 16.5 Å². The molecule has 0 saturated carbocycles. The first-order chi connectivity index (χ1) is 8.19. The largest absolute Gasteiger partial charge is 0.479 e. The molecule has 0 radical (unpaired) electrons. The molecule has 0 spiro atoms. The third-order valence-corrected chi connectivity index (χ3v) is 2.90. The number of ether oxygens (including phenoxy) is 1. The summed E-state index contributed by atoms with van der Waals surface area (Å²) in [5.41, 5.74) is 9.04. The van der Waals surface area contributed by atoms with E-state index in [1.807, 2.05) is 10.6 Å². The summed E-state index contributed by atoms with van der Waals surface area (Å²) in [6.07, 6.45) is 1.82. The number of nitrogen functional groups attached to an aromatic ring is 1. The molecule has 1 aromatic carbocycles. The number of aryl methyl sites for hydroxylation is 1. The van der Waals surface area contributed by atoms with Crippen LogP contribution in [-0.2, 0) is 0 Å². The van der Waals surface area contributed by atoms with Gasteiger partial charge in [-0.05, 0) is 25.1 Å². The minimum atomic E-state index is 0.451. The molecule has 86 valence electrons. The predicted molar refractivity (Wildman–Crippen MR) is 68.4 cm³/mol. The minimum Gasteiger partial charge on any atom is -0.479 e. The van der Waals surface area contributed by atoms with Crippen molar-refractivity contribution in [3.8, 4) is 5.88 Å². The average molecular weight is 227 g/mol. The normalized spacial score (nSPS) is 11.2. The van der Waals surface area contributed by atoms with Gasteiger partial charge in [-0.1, -0.05) is 11.6 Å². The lowest BCUT2D eigenvalue weighted by molar-refractivity contribution is 0.402. The van der Waals surface area contributed by atoms with Crippen LogP contribution in [0.25, 0.3) is 16.4 Å². The lowest BCUT2D eigenvalue weighted by Gasteiger charge is -2.04. The van der Waals surface area contributed by atoms with Gasteiger partial charge in [0.1, 0.15) is 11.3 Å². The van der Waals surface area contributed by atoms with E-state index in [2.05, 4.69) is 36.2 Å². The maximum absolute atomic E-state index is 5.77. The number of hydrogen-bond acceptors (Lipinski definition) is 3. The van der Waals surface area contributed by atoms with Gasteiger partial charge in [-0.3, -0.25) is 0 Å². The van der Waals surface area contributed by atoms with Gasteiger partial charge in [0.2, 0.25) is 5.88 Å². The number of methoxy groups -OCH3 is 1. The number of hydrogen-bond donors (Lipinski definition) is 1. The SMILES string of the molecule is COc1nc(N)cn2c1cc1cc(C)ccc12. The van der Waals surface area contributed by atoms with Crippen LogP contribution in [0.15, 0.2) is 30.5 Å². The van der Waals surface area contributed by atoms with Crippen molar-refractivity contribution in [2.24, 2.45) is 0 Å². The van der Waals surface area contributed by atoms with Crippen molar-refractivity contribution in [3.05, 3.63) is 36.0 Å². The smallest absolute Gasteiger partial charge is 0.240 e. The molecule has 4 heteroatoms. The third-order valence-electron chi connectivity index (χ3n) is 2.90. The van der Waals surface area contributed by atoms with Crippen LogP contribution in [0.2, 0.25) is 0 Å². The summed E-state index contributed by atoms with van der Waals surface area (Å²) >= 11 is 0. The molecule has 0 saturated heterocycles. The molecule has 0 aliphatic rings. The van der Waals surface area contributed by atoms with E-state index in [9.17, 15) is 0 Å². The molecule has 3 aromatic rings. The number of nitrogens with two attached hydrogens (primary N) is 1. The Labute approximate surface area is 98.6 Å². The molecule has 0 bridgehead atoms. The van der Waals surface area contributed by atoms with Crippen LogP contribution in [0.1, 0.15) is 5.56 Å². The van der Waals surface area contributed by atoms with Crippen molar-refractivity contribution < 1.29 is 4.74 Å². The topological polar surface area (TPSA) is 52.5 Å². The van der Waals surface area contributed by atoms with Gasteiger partial charge in [-0.15, -0.1) is 0 Å². The fourth-order valence-corrected chi connectivity index (χ4v) is 2.15. The highest BCUT2D eigenvalue weighted by atomic mass is 16.5. The van der Waals surface area contributed by atoms with Gasteiger partial charge in [0.15, 0.2) is 0 Å². The maximum Gasteiger partial charge on any atom is 0.240 e. The van der Waals surface area contributed by atoms with Gasteiger partial charge in [-0.25, -0.2) is 0 Å². The Morgan fingerprint density at radius 2 is 2.06 bits per heavy atom. The van der Waals surface area contributed by atoms with E-state index in [4.69, 9.17) is 10.5 Å². The lowest BCUT2D eigenvalue weighted by atomic mass is 10.2. The van der Waals surface area contributed by atoms with Crippen molar-refractivity contribution in [2.75, 3.05) is 12.8 Å². The quantitative estimate of drug-likeness (QED) is 0.694. The number of benzene rings is 1. The fourth-order valence-electron chi connectivity index (χ4n) is 2.15. The predicted octanol–water partition coefficient (Wildman–Crippen LogP) is 2.39. The Balaban J connectivity index is 2.50. The zero-order valence-corrected chi connectivity index (χ0v) is 9.77. The van der Waals surface area contributed by atoms with Crippen LogP contribution in [0.3, 0.4) is 0 Å². The number of nitrogens with zero attached hydrogens (tertiary/aromatic N) is 2. The van der Waals surface area contributed by atoms with E-state index in [1.165, 1.54) is 5.56 Å². The molecule has 0 fully saturated rings. The third kappa shape index (κ3) is 1.41. The first-order valence-corrected chi connectivity index (χ1v) is 5.41. The van der Waals surface area contributed by atoms with Gasteiger partial charge < -0.3 is 14.9 Å². The number of rotatable bonds is 1. The van der Waals surface area contributed by atoms with Gasteiger partial charge in [0.25, 0.3) is 0 Å². The van der Waals surface area contributed by atoms with Gasteiger partial charge in [-0.2, -0.15) is 4.98 Å². The molecule has 2 aromatic heterocycles. The van der Waals surface area contributed by atoms with Crippen LogP contribution in [0.4, 0.5) is 5.82 Å². The Hall–Kier alpha value is -2.23. The highest BCUT2D eigenvalue weighted by Crippen LogP contribution is 2.27. The van der Waals surface area contributed by atoms with Crippen LogP contribution < -0.4 is 10.5 Å². The summed E-state index contributed by atoms with van der Waals surface area (Å²) in [5, 5.41) is 1.16. The highest BCUT2D eigenvalue weighted by molar-refractivity contribution is 5.89. The van der Waals surface area contributed by atoms with Gasteiger partial charge in [0, 0.05) is 5.39 Å². The Bertz CT molecular complexity index is 715. The van der Waals surface area contributed by atoms with E-state index in [-0.39, 0.29) is 0 Å². The average Bonchev–Trinajstić information content (AvgIpc) is 2.65. The van der Waals surface area contributed by atoms with Crippen molar-refractivity contribution in [1.82, 2.24) is 9.38 Å². The summed E-state index contributed by atoms with van der Waals surface area (Å²) in [6.45, 7) is 2.08. The first kappa shape index (κ1) is 9.96. The van der Waals surface area contributed by atoms with E-state index in [0.29, 0.717) is 11.7 Å². The molecular weight excluding hydrogens is 214 g/mol. The molecule has 3 rings (SSSR count). The Kier molecular flexibility index (Phi) is 1.98. The molecule has 0 atom stereocenters. The summed E-state index contributed by atoms with van der Waals surface area (Å²) < 4.78 is 7.27. The van der Waals surface area contributed by atoms with E-state index in [1.54, 1.807) is 7.11 Å². The minimum absolute atomic E-state index is 0.451. The van der Waals surface area contributed by atoms with Crippen molar-refractivity contribution >= 4 is 22.2 Å². The van der Waals surface area contributed by atoms with Crippen molar-refractivity contribution in [2.45, 2.75) is 6.92 Å². The van der Waals surface area contributed by atoms with Crippen LogP contribution >= 0.6 is 0 Å². The lowest BCUT2D eigenvalue weighted by Crippen LogP contribution is -1.98. The summed E-state index contributed by atoms with van der Waals surface area (Å²) in [7, 11) is 1.60. The summed E-state index contributed by atoms with van der Waals surface area (Å²) in [6, 6.07) is 8.36. The highest BCUT2D eigenvalue weighted by Gasteiger charge is 2.09. The van der Waals surface area contributed by atoms with Crippen LogP contribution in [0.5, 0.6) is 5.88 Å². The summed E-state index contributed by atoms with van der Waals surface area (Å²) in [5.74, 6) is 1.01. The second-order valence-corrected chi connectivity index (χ2v) is 4.14. The molecule has 17 heavy (non-hydrogen) atoms. The van der Waals surface area contributed by atoms with Gasteiger partial charge in [0.05, 0.1) is 18.8 Å². The molecule has 2 N–H and O–H groups in total. The van der Waals surface area contributed by atoms with Crippen molar-refractivity contribution in [3.63, 3.8) is 0 Å². The second-order valence-electron chi connectivity index (χ2n) is 4.14. The summed E-state index contributed by atoms with van der Waals surface area (Å²) in [4.78, 5) is 4.17. The zero-order valence-electron chi connectivity index (χ0n) is 9.77. The molecule has 0 aliphatic heterocycles. The Morgan fingerprint density at radius 3 is 2.82 bits per heavy atom.